The first-order chi connectivity index (χ1) is 8.69. The predicted octanol–water partition coefficient (Wildman–Crippen LogP) is 3.01. The largest absolute Gasteiger partial charge is 0.329 e. The minimum absolute atomic E-state index is 0.759. The first kappa shape index (κ1) is 13.6. The first-order valence-corrected chi connectivity index (χ1v) is 7.20. The van der Waals surface area contributed by atoms with Crippen LogP contribution in [0.15, 0.2) is 18.2 Å². The summed E-state index contributed by atoms with van der Waals surface area (Å²) in [6.07, 6.45) is 5.48. The van der Waals surface area contributed by atoms with Crippen molar-refractivity contribution in [3.05, 3.63) is 34.9 Å². The van der Waals surface area contributed by atoms with Gasteiger partial charge in [-0.15, -0.1) is 0 Å². The molecule has 0 radical (unpaired) electrons. The van der Waals surface area contributed by atoms with Crippen LogP contribution in [0.4, 0.5) is 0 Å². The minimum atomic E-state index is 0.759. The van der Waals surface area contributed by atoms with E-state index in [9.17, 15) is 0 Å². The second kappa shape index (κ2) is 6.35. The van der Waals surface area contributed by atoms with E-state index in [0.717, 1.165) is 25.7 Å². The molecule has 2 N–H and O–H groups in total. The molecule has 0 aliphatic heterocycles. The molecule has 1 aliphatic rings. The third-order valence-corrected chi connectivity index (χ3v) is 3.92. The summed E-state index contributed by atoms with van der Waals surface area (Å²) in [4.78, 5) is 2.58. The second-order valence-corrected chi connectivity index (χ2v) is 5.69. The highest BCUT2D eigenvalue weighted by molar-refractivity contribution is 5.28. The van der Waals surface area contributed by atoms with Crippen LogP contribution in [0.5, 0.6) is 0 Å². The Morgan fingerprint density at radius 2 is 1.72 bits per heavy atom. The molecule has 0 unspecified atom stereocenters. The van der Waals surface area contributed by atoms with E-state index in [0.29, 0.717) is 0 Å². The van der Waals surface area contributed by atoms with E-state index in [-0.39, 0.29) is 0 Å². The smallest absolute Gasteiger partial charge is 0.0237 e. The summed E-state index contributed by atoms with van der Waals surface area (Å²) in [7, 11) is 0. The van der Waals surface area contributed by atoms with Crippen molar-refractivity contribution < 1.29 is 0 Å². The van der Waals surface area contributed by atoms with Crippen molar-refractivity contribution in [2.75, 3.05) is 13.1 Å². The van der Waals surface area contributed by atoms with E-state index in [1.165, 1.54) is 42.4 Å². The van der Waals surface area contributed by atoms with Gasteiger partial charge in [-0.05, 0) is 32.3 Å². The summed E-state index contributed by atoms with van der Waals surface area (Å²) in [5, 5.41) is 0. The molecule has 0 amide bonds. The van der Waals surface area contributed by atoms with Gasteiger partial charge in [0.2, 0.25) is 0 Å². The van der Waals surface area contributed by atoms with Gasteiger partial charge < -0.3 is 5.73 Å². The van der Waals surface area contributed by atoms with Crippen molar-refractivity contribution in [1.29, 1.82) is 0 Å². The van der Waals surface area contributed by atoms with Crippen molar-refractivity contribution in [1.82, 2.24) is 4.90 Å². The number of benzene rings is 1. The molecule has 100 valence electrons. The van der Waals surface area contributed by atoms with Gasteiger partial charge in [0.15, 0.2) is 0 Å². The molecule has 0 bridgehead atoms. The van der Waals surface area contributed by atoms with Gasteiger partial charge in [0.1, 0.15) is 0 Å². The fourth-order valence-corrected chi connectivity index (χ4v) is 3.22. The lowest BCUT2D eigenvalue weighted by molar-refractivity contribution is 0.195. The second-order valence-electron chi connectivity index (χ2n) is 5.69. The Labute approximate surface area is 111 Å². The zero-order chi connectivity index (χ0) is 13.0. The van der Waals surface area contributed by atoms with Crippen LogP contribution in [0.3, 0.4) is 0 Å². The molecule has 1 fully saturated rings. The summed E-state index contributed by atoms with van der Waals surface area (Å²) in [6.45, 7) is 7.21. The Kier molecular flexibility index (Phi) is 4.79. The fourth-order valence-electron chi connectivity index (χ4n) is 3.22. The Hall–Kier alpha value is -0.860. The topological polar surface area (TPSA) is 29.3 Å². The van der Waals surface area contributed by atoms with Gasteiger partial charge in [-0.1, -0.05) is 42.2 Å². The summed E-state index contributed by atoms with van der Waals surface area (Å²) in [5.41, 5.74) is 9.94. The maximum absolute atomic E-state index is 5.77. The van der Waals surface area contributed by atoms with Crippen molar-refractivity contribution >= 4 is 0 Å². The van der Waals surface area contributed by atoms with Gasteiger partial charge in [0.25, 0.3) is 0 Å². The average Bonchev–Trinajstić information content (AvgIpc) is 2.80. The lowest BCUT2D eigenvalue weighted by Crippen LogP contribution is -2.36. The lowest BCUT2D eigenvalue weighted by Gasteiger charge is -2.28. The van der Waals surface area contributed by atoms with E-state index in [2.05, 4.69) is 36.9 Å². The predicted molar refractivity (Wildman–Crippen MR) is 77.6 cm³/mol. The van der Waals surface area contributed by atoms with E-state index < -0.39 is 0 Å². The third-order valence-electron chi connectivity index (χ3n) is 3.92. The van der Waals surface area contributed by atoms with Gasteiger partial charge in [-0.25, -0.2) is 0 Å². The van der Waals surface area contributed by atoms with E-state index in [1.54, 1.807) is 0 Å². The Bertz CT molecular complexity index is 360. The van der Waals surface area contributed by atoms with Crippen molar-refractivity contribution in [3.8, 4) is 0 Å². The van der Waals surface area contributed by atoms with Crippen LogP contribution in [0.1, 0.15) is 42.4 Å². The third kappa shape index (κ3) is 3.56. The number of nitrogens with zero attached hydrogens (tertiary/aromatic N) is 1. The molecular weight excluding hydrogens is 220 g/mol. The maximum Gasteiger partial charge on any atom is 0.0237 e. The average molecular weight is 246 g/mol. The van der Waals surface area contributed by atoms with Crippen LogP contribution in [0, 0.1) is 13.8 Å². The number of rotatable bonds is 5. The SMILES string of the molecule is Cc1cc(C)cc(CN(CCN)C2CCCC2)c1. The van der Waals surface area contributed by atoms with Crippen LogP contribution in [-0.2, 0) is 6.54 Å². The molecule has 18 heavy (non-hydrogen) atoms. The monoisotopic (exact) mass is 246 g/mol. The van der Waals surface area contributed by atoms with Crippen LogP contribution in [0.2, 0.25) is 0 Å². The van der Waals surface area contributed by atoms with Gasteiger partial charge >= 0.3 is 0 Å². The number of aryl methyl sites for hydroxylation is 2. The zero-order valence-corrected chi connectivity index (χ0v) is 11.8. The van der Waals surface area contributed by atoms with Gasteiger partial charge in [-0.2, -0.15) is 0 Å². The van der Waals surface area contributed by atoms with Crippen LogP contribution in [-0.4, -0.2) is 24.0 Å². The van der Waals surface area contributed by atoms with Crippen molar-refractivity contribution in [3.63, 3.8) is 0 Å². The molecule has 1 aromatic rings. The van der Waals surface area contributed by atoms with Crippen LogP contribution < -0.4 is 5.73 Å². The molecule has 0 saturated heterocycles. The lowest BCUT2D eigenvalue weighted by atomic mass is 10.1. The Morgan fingerprint density at radius 3 is 2.28 bits per heavy atom. The molecule has 1 saturated carbocycles. The molecule has 1 aliphatic carbocycles. The van der Waals surface area contributed by atoms with Crippen molar-refractivity contribution in [2.45, 2.75) is 52.1 Å². The highest BCUT2D eigenvalue weighted by Gasteiger charge is 2.21. The summed E-state index contributed by atoms with van der Waals surface area (Å²) in [6, 6.07) is 7.62. The van der Waals surface area contributed by atoms with Gasteiger partial charge in [0.05, 0.1) is 0 Å². The minimum Gasteiger partial charge on any atom is -0.329 e. The fraction of sp³-hybridized carbons (Fsp3) is 0.625. The molecule has 0 aromatic heterocycles. The van der Waals surface area contributed by atoms with Crippen LogP contribution >= 0.6 is 0 Å². The highest BCUT2D eigenvalue weighted by atomic mass is 15.2. The zero-order valence-electron chi connectivity index (χ0n) is 11.8. The summed E-state index contributed by atoms with van der Waals surface area (Å²) < 4.78 is 0. The van der Waals surface area contributed by atoms with E-state index >= 15 is 0 Å². The molecular formula is C16H26N2. The molecule has 1 aromatic carbocycles. The maximum atomic E-state index is 5.77. The summed E-state index contributed by atoms with van der Waals surface area (Å²) >= 11 is 0. The summed E-state index contributed by atoms with van der Waals surface area (Å²) in [5.74, 6) is 0. The Morgan fingerprint density at radius 1 is 1.11 bits per heavy atom. The molecule has 0 atom stereocenters. The van der Waals surface area contributed by atoms with E-state index in [1.807, 2.05) is 0 Å². The molecule has 0 spiro atoms. The Balaban J connectivity index is 2.07. The quantitative estimate of drug-likeness (QED) is 0.865. The normalized spacial score (nSPS) is 16.7. The first-order valence-electron chi connectivity index (χ1n) is 7.20. The van der Waals surface area contributed by atoms with Gasteiger partial charge in [-0.3, -0.25) is 4.90 Å². The molecule has 2 nitrogen and oxygen atoms in total. The number of hydrogen-bond acceptors (Lipinski definition) is 2. The van der Waals surface area contributed by atoms with Crippen molar-refractivity contribution in [2.24, 2.45) is 5.73 Å². The standard InChI is InChI=1S/C16H26N2/c1-13-9-14(2)11-15(10-13)12-18(8-7-17)16-5-3-4-6-16/h9-11,16H,3-8,12,17H2,1-2H3. The molecule has 2 rings (SSSR count). The van der Waals surface area contributed by atoms with Gasteiger partial charge in [0, 0.05) is 25.7 Å². The number of hydrogen-bond donors (Lipinski definition) is 1. The molecule has 2 heteroatoms. The highest BCUT2D eigenvalue weighted by Crippen LogP contribution is 2.25. The van der Waals surface area contributed by atoms with E-state index in [4.69, 9.17) is 5.73 Å². The number of nitrogens with two attached hydrogens (primary N) is 1. The van der Waals surface area contributed by atoms with Crippen LogP contribution in [0.25, 0.3) is 0 Å². The molecule has 0 heterocycles.